The van der Waals surface area contributed by atoms with E-state index in [2.05, 4.69) is 0 Å². The molecule has 0 aliphatic rings. The molecule has 92 valence electrons. The van der Waals surface area contributed by atoms with Crippen LogP contribution in [0.5, 0.6) is 0 Å². The monoisotopic (exact) mass is 245 g/mol. The average Bonchev–Trinajstić information content (AvgIpc) is 2.15. The number of nitrogens with zero attached hydrogens (tertiary/aromatic N) is 1. The van der Waals surface area contributed by atoms with E-state index in [-0.39, 0.29) is 5.69 Å². The van der Waals surface area contributed by atoms with Crippen LogP contribution in [0.15, 0.2) is 24.3 Å². The number of alkyl halides is 3. The molecule has 0 radical (unpaired) electrons. The molecule has 2 amide bonds. The van der Waals surface area contributed by atoms with Gasteiger partial charge in [0.15, 0.2) is 0 Å². The maximum Gasteiger partial charge on any atom is 0.416 e. The van der Waals surface area contributed by atoms with Crippen LogP contribution in [0.25, 0.3) is 0 Å². The van der Waals surface area contributed by atoms with Crippen molar-refractivity contribution in [1.82, 2.24) is 0 Å². The van der Waals surface area contributed by atoms with E-state index >= 15 is 0 Å². The third-order valence-electron chi connectivity index (χ3n) is 2.08. The van der Waals surface area contributed by atoms with Gasteiger partial charge in [-0.3, -0.25) is 14.5 Å². The second-order valence-electron chi connectivity index (χ2n) is 3.42. The number of halogens is 3. The molecule has 0 aliphatic heterocycles. The van der Waals surface area contributed by atoms with Gasteiger partial charge in [0.1, 0.15) is 0 Å². The van der Waals surface area contributed by atoms with Gasteiger partial charge >= 0.3 is 6.18 Å². The number of hydrogen-bond donors (Lipinski definition) is 0. The van der Waals surface area contributed by atoms with Crippen LogP contribution in [0, 0.1) is 0 Å². The van der Waals surface area contributed by atoms with Gasteiger partial charge in [-0.2, -0.15) is 13.2 Å². The van der Waals surface area contributed by atoms with Crippen LogP contribution in [-0.2, 0) is 15.8 Å². The summed E-state index contributed by atoms with van der Waals surface area (Å²) < 4.78 is 36.9. The van der Waals surface area contributed by atoms with E-state index in [9.17, 15) is 22.8 Å². The first-order valence-electron chi connectivity index (χ1n) is 4.72. The largest absolute Gasteiger partial charge is 0.416 e. The molecule has 1 aromatic rings. The van der Waals surface area contributed by atoms with Crippen molar-refractivity contribution >= 4 is 17.5 Å². The van der Waals surface area contributed by atoms with Crippen LogP contribution < -0.4 is 4.90 Å². The van der Waals surface area contributed by atoms with E-state index in [0.29, 0.717) is 0 Å². The molecule has 3 nitrogen and oxygen atoms in total. The molecule has 0 N–H and O–H groups in total. The van der Waals surface area contributed by atoms with E-state index in [1.165, 1.54) is 13.8 Å². The number of carbonyl (C=O) groups is 2. The van der Waals surface area contributed by atoms with E-state index in [1.807, 2.05) is 0 Å². The Morgan fingerprint density at radius 3 is 1.71 bits per heavy atom. The Morgan fingerprint density at radius 2 is 1.41 bits per heavy atom. The van der Waals surface area contributed by atoms with Crippen LogP contribution in [0.4, 0.5) is 18.9 Å². The van der Waals surface area contributed by atoms with Crippen molar-refractivity contribution in [3.8, 4) is 0 Å². The van der Waals surface area contributed by atoms with Gasteiger partial charge < -0.3 is 0 Å². The molecule has 0 bridgehead atoms. The van der Waals surface area contributed by atoms with Gasteiger partial charge in [0.05, 0.1) is 11.3 Å². The summed E-state index contributed by atoms with van der Waals surface area (Å²) >= 11 is 0. The first kappa shape index (κ1) is 13.2. The first-order chi connectivity index (χ1) is 7.73. The fourth-order valence-corrected chi connectivity index (χ4v) is 1.38. The number of anilines is 1. The van der Waals surface area contributed by atoms with Crippen LogP contribution in [0.2, 0.25) is 0 Å². The molecule has 0 aliphatic carbocycles. The molecular weight excluding hydrogens is 235 g/mol. The van der Waals surface area contributed by atoms with Gasteiger partial charge in [0.2, 0.25) is 11.8 Å². The Labute approximate surface area is 95.8 Å². The van der Waals surface area contributed by atoms with Crippen LogP contribution in [-0.4, -0.2) is 11.8 Å². The lowest BCUT2D eigenvalue weighted by Gasteiger charge is -2.17. The highest BCUT2D eigenvalue weighted by atomic mass is 19.4. The third kappa shape index (κ3) is 3.05. The van der Waals surface area contributed by atoms with Crippen molar-refractivity contribution in [1.29, 1.82) is 0 Å². The fraction of sp³-hybridized carbons (Fsp3) is 0.273. The lowest BCUT2D eigenvalue weighted by Crippen LogP contribution is -2.33. The third-order valence-corrected chi connectivity index (χ3v) is 2.08. The van der Waals surface area contributed by atoms with Crippen molar-refractivity contribution in [2.75, 3.05) is 4.90 Å². The SMILES string of the molecule is CC(=O)N(C(C)=O)c1ccc(C(F)(F)F)cc1. The van der Waals surface area contributed by atoms with E-state index in [4.69, 9.17) is 0 Å². The molecule has 1 aromatic carbocycles. The summed E-state index contributed by atoms with van der Waals surface area (Å²) in [5.41, 5.74) is -0.702. The predicted molar refractivity (Wildman–Crippen MR) is 55.3 cm³/mol. The molecule has 0 unspecified atom stereocenters. The van der Waals surface area contributed by atoms with Crippen molar-refractivity contribution in [3.05, 3.63) is 29.8 Å². The molecule has 0 spiro atoms. The summed E-state index contributed by atoms with van der Waals surface area (Å²) in [6, 6.07) is 3.83. The van der Waals surface area contributed by atoms with Crippen molar-refractivity contribution in [3.63, 3.8) is 0 Å². The van der Waals surface area contributed by atoms with Gasteiger partial charge in [0, 0.05) is 13.8 Å². The predicted octanol–water partition coefficient (Wildman–Crippen LogP) is 2.60. The number of amides is 2. The highest BCUT2D eigenvalue weighted by molar-refractivity contribution is 6.13. The summed E-state index contributed by atoms with van der Waals surface area (Å²) in [4.78, 5) is 23.1. The lowest BCUT2D eigenvalue weighted by atomic mass is 10.2. The van der Waals surface area contributed by atoms with Crippen molar-refractivity contribution in [2.45, 2.75) is 20.0 Å². The van der Waals surface area contributed by atoms with Gasteiger partial charge in [0.25, 0.3) is 0 Å². The summed E-state index contributed by atoms with van der Waals surface area (Å²) in [5, 5.41) is 0. The molecule has 1 rings (SSSR count). The molecule has 17 heavy (non-hydrogen) atoms. The quantitative estimate of drug-likeness (QED) is 0.762. The van der Waals surface area contributed by atoms with E-state index in [0.717, 1.165) is 29.2 Å². The average molecular weight is 245 g/mol. The molecule has 0 aromatic heterocycles. The van der Waals surface area contributed by atoms with Crippen molar-refractivity contribution in [2.24, 2.45) is 0 Å². The summed E-state index contributed by atoms with van der Waals surface area (Å²) in [7, 11) is 0. The minimum absolute atomic E-state index is 0.123. The number of carbonyl (C=O) groups excluding carboxylic acids is 2. The number of hydrogen-bond acceptors (Lipinski definition) is 2. The zero-order chi connectivity index (χ0) is 13.2. The maximum atomic E-state index is 12.3. The Bertz CT molecular complexity index is 423. The normalized spacial score (nSPS) is 11.1. The van der Waals surface area contributed by atoms with Crippen LogP contribution >= 0.6 is 0 Å². The Morgan fingerprint density at radius 1 is 1.00 bits per heavy atom. The minimum atomic E-state index is -4.43. The van der Waals surface area contributed by atoms with Gasteiger partial charge in [-0.05, 0) is 24.3 Å². The molecular formula is C11H10F3NO2. The first-order valence-corrected chi connectivity index (χ1v) is 4.72. The molecule has 0 saturated heterocycles. The molecule has 0 atom stereocenters. The topological polar surface area (TPSA) is 37.4 Å². The number of rotatable bonds is 1. The van der Waals surface area contributed by atoms with Crippen LogP contribution in [0.1, 0.15) is 19.4 Å². The Hall–Kier alpha value is -1.85. The second kappa shape index (κ2) is 4.57. The molecule has 6 heteroatoms. The maximum absolute atomic E-state index is 12.3. The number of imide groups is 1. The zero-order valence-electron chi connectivity index (χ0n) is 9.21. The van der Waals surface area contributed by atoms with E-state index in [1.54, 1.807) is 0 Å². The van der Waals surface area contributed by atoms with Gasteiger partial charge in [-0.1, -0.05) is 0 Å². The minimum Gasteiger partial charge on any atom is -0.274 e. The Balaban J connectivity index is 3.09. The number of benzene rings is 1. The van der Waals surface area contributed by atoms with Crippen LogP contribution in [0.3, 0.4) is 0 Å². The van der Waals surface area contributed by atoms with Gasteiger partial charge in [-0.25, -0.2) is 0 Å². The lowest BCUT2D eigenvalue weighted by molar-refractivity contribution is -0.137. The molecule has 0 saturated carbocycles. The smallest absolute Gasteiger partial charge is 0.274 e. The highest BCUT2D eigenvalue weighted by Gasteiger charge is 2.30. The summed E-state index contributed by atoms with van der Waals surface area (Å²) in [6.07, 6.45) is -4.43. The fourth-order valence-electron chi connectivity index (χ4n) is 1.38. The highest BCUT2D eigenvalue weighted by Crippen LogP contribution is 2.30. The van der Waals surface area contributed by atoms with Crippen molar-refractivity contribution < 1.29 is 22.8 Å². The summed E-state index contributed by atoms with van der Waals surface area (Å²) in [6.45, 7) is 2.33. The second-order valence-corrected chi connectivity index (χ2v) is 3.42. The van der Waals surface area contributed by atoms with Gasteiger partial charge in [-0.15, -0.1) is 0 Å². The summed E-state index contributed by atoms with van der Waals surface area (Å²) in [5.74, 6) is -1.09. The Kier molecular flexibility index (Phi) is 3.55. The molecule has 0 heterocycles. The molecule has 0 fully saturated rings. The van der Waals surface area contributed by atoms with E-state index < -0.39 is 23.6 Å². The zero-order valence-corrected chi connectivity index (χ0v) is 9.21. The standard InChI is InChI=1S/C11H10F3NO2/c1-7(16)15(8(2)17)10-5-3-9(4-6-10)11(12,13)14/h3-6H,1-2H3.